The first-order valence-corrected chi connectivity index (χ1v) is 4.81. The van der Waals surface area contributed by atoms with Crippen LogP contribution in [-0.2, 0) is 9.59 Å². The topological polar surface area (TPSA) is 69.6 Å². The summed E-state index contributed by atoms with van der Waals surface area (Å²) in [7, 11) is 0. The number of amides is 1. The van der Waals surface area contributed by atoms with Gasteiger partial charge in [-0.05, 0) is 13.8 Å². The highest BCUT2D eigenvalue weighted by atomic mass is 16.4. The Morgan fingerprint density at radius 2 is 2.36 bits per heavy atom. The molecule has 2 atom stereocenters. The molecule has 0 saturated carbocycles. The number of hydrogen-bond acceptors (Lipinski definition) is 3. The zero-order valence-corrected chi connectivity index (χ0v) is 8.49. The molecular formula is C9H16N2O3. The summed E-state index contributed by atoms with van der Waals surface area (Å²) in [4.78, 5) is 23.8. The van der Waals surface area contributed by atoms with Crippen LogP contribution >= 0.6 is 0 Å². The standard InChI is InChI=1S/C9H16N2O3/c1-3-11-5-6(2)10-7(9(11)14)4-8(12)13/h6-7,10H,3-5H2,1-2H3,(H,12,13). The van der Waals surface area contributed by atoms with Crippen molar-refractivity contribution in [2.24, 2.45) is 0 Å². The molecule has 5 nitrogen and oxygen atoms in total. The minimum Gasteiger partial charge on any atom is -0.481 e. The van der Waals surface area contributed by atoms with Gasteiger partial charge in [0.05, 0.1) is 12.5 Å². The quantitative estimate of drug-likeness (QED) is 0.654. The predicted octanol–water partition coefficient (Wildman–Crippen LogP) is -0.330. The van der Waals surface area contributed by atoms with E-state index in [0.29, 0.717) is 13.1 Å². The van der Waals surface area contributed by atoms with Gasteiger partial charge < -0.3 is 15.3 Å². The molecule has 0 aromatic rings. The number of nitrogens with one attached hydrogen (secondary N) is 1. The van der Waals surface area contributed by atoms with Gasteiger partial charge in [0.2, 0.25) is 5.91 Å². The lowest BCUT2D eigenvalue weighted by atomic mass is 10.1. The van der Waals surface area contributed by atoms with E-state index in [2.05, 4.69) is 5.32 Å². The van der Waals surface area contributed by atoms with Crippen molar-refractivity contribution in [2.75, 3.05) is 13.1 Å². The van der Waals surface area contributed by atoms with Crippen molar-refractivity contribution < 1.29 is 14.7 Å². The summed E-state index contributed by atoms with van der Waals surface area (Å²) in [6.07, 6.45) is -0.139. The van der Waals surface area contributed by atoms with E-state index in [9.17, 15) is 9.59 Å². The monoisotopic (exact) mass is 200 g/mol. The zero-order chi connectivity index (χ0) is 10.7. The van der Waals surface area contributed by atoms with Crippen molar-refractivity contribution >= 4 is 11.9 Å². The molecule has 1 heterocycles. The van der Waals surface area contributed by atoms with E-state index >= 15 is 0 Å². The maximum atomic E-state index is 11.6. The van der Waals surface area contributed by atoms with Gasteiger partial charge in [0, 0.05) is 19.1 Å². The van der Waals surface area contributed by atoms with Gasteiger partial charge in [-0.2, -0.15) is 0 Å². The van der Waals surface area contributed by atoms with Crippen LogP contribution in [0.25, 0.3) is 0 Å². The Balaban J connectivity index is 2.64. The molecule has 1 saturated heterocycles. The summed E-state index contributed by atoms with van der Waals surface area (Å²) in [5.41, 5.74) is 0. The van der Waals surface area contributed by atoms with Gasteiger partial charge in [-0.15, -0.1) is 0 Å². The van der Waals surface area contributed by atoms with E-state index in [-0.39, 0.29) is 18.4 Å². The van der Waals surface area contributed by atoms with Crippen LogP contribution in [-0.4, -0.2) is 47.1 Å². The normalized spacial score (nSPS) is 27.9. The van der Waals surface area contributed by atoms with E-state index in [1.807, 2.05) is 13.8 Å². The van der Waals surface area contributed by atoms with E-state index < -0.39 is 12.0 Å². The largest absolute Gasteiger partial charge is 0.481 e. The number of likely N-dealkylation sites (N-methyl/N-ethyl adjacent to an activating group) is 1. The fourth-order valence-corrected chi connectivity index (χ4v) is 1.71. The van der Waals surface area contributed by atoms with Gasteiger partial charge in [0.1, 0.15) is 0 Å². The van der Waals surface area contributed by atoms with Crippen LogP contribution in [0.15, 0.2) is 0 Å². The van der Waals surface area contributed by atoms with Crippen LogP contribution in [0.3, 0.4) is 0 Å². The van der Waals surface area contributed by atoms with Crippen LogP contribution in [0.4, 0.5) is 0 Å². The summed E-state index contributed by atoms with van der Waals surface area (Å²) < 4.78 is 0. The van der Waals surface area contributed by atoms with Crippen molar-refractivity contribution in [3.05, 3.63) is 0 Å². The number of rotatable bonds is 3. The van der Waals surface area contributed by atoms with E-state index in [1.54, 1.807) is 4.90 Å². The number of carbonyl (C=O) groups is 2. The first-order valence-electron chi connectivity index (χ1n) is 4.81. The van der Waals surface area contributed by atoms with E-state index in [1.165, 1.54) is 0 Å². The van der Waals surface area contributed by atoms with Gasteiger partial charge in [-0.3, -0.25) is 9.59 Å². The predicted molar refractivity (Wildman–Crippen MR) is 50.9 cm³/mol. The average Bonchev–Trinajstić information content (AvgIpc) is 2.09. The molecule has 0 aromatic heterocycles. The molecule has 80 valence electrons. The van der Waals surface area contributed by atoms with Gasteiger partial charge in [0.15, 0.2) is 0 Å². The molecule has 2 N–H and O–H groups in total. The third-order valence-electron chi connectivity index (χ3n) is 2.35. The van der Waals surface area contributed by atoms with Crippen molar-refractivity contribution in [3.63, 3.8) is 0 Å². The summed E-state index contributed by atoms with van der Waals surface area (Å²) >= 11 is 0. The zero-order valence-electron chi connectivity index (χ0n) is 8.49. The third kappa shape index (κ3) is 2.45. The number of aliphatic carboxylic acids is 1. The summed E-state index contributed by atoms with van der Waals surface area (Å²) in [6.45, 7) is 5.14. The minimum absolute atomic E-state index is 0.104. The minimum atomic E-state index is -0.944. The number of nitrogens with zero attached hydrogens (tertiary/aromatic N) is 1. The molecule has 2 unspecified atom stereocenters. The Bertz CT molecular complexity index is 242. The molecule has 1 amide bonds. The van der Waals surface area contributed by atoms with E-state index in [4.69, 9.17) is 5.11 Å². The summed E-state index contributed by atoms with van der Waals surface area (Å²) in [5.74, 6) is -1.05. The van der Waals surface area contributed by atoms with Crippen molar-refractivity contribution in [1.82, 2.24) is 10.2 Å². The molecule has 0 radical (unpaired) electrons. The van der Waals surface area contributed by atoms with Crippen LogP contribution in [0.2, 0.25) is 0 Å². The van der Waals surface area contributed by atoms with Gasteiger partial charge >= 0.3 is 5.97 Å². The third-order valence-corrected chi connectivity index (χ3v) is 2.35. The Kier molecular flexibility index (Phi) is 3.46. The smallest absolute Gasteiger partial charge is 0.305 e. The van der Waals surface area contributed by atoms with Crippen molar-refractivity contribution in [2.45, 2.75) is 32.4 Å². The first-order chi connectivity index (χ1) is 6.54. The average molecular weight is 200 g/mol. The van der Waals surface area contributed by atoms with Crippen LogP contribution < -0.4 is 5.32 Å². The molecule has 0 bridgehead atoms. The van der Waals surface area contributed by atoms with Gasteiger partial charge in [0.25, 0.3) is 0 Å². The second kappa shape index (κ2) is 4.41. The Labute approximate surface area is 83.1 Å². The second-order valence-electron chi connectivity index (χ2n) is 3.60. The number of hydrogen-bond donors (Lipinski definition) is 2. The lowest BCUT2D eigenvalue weighted by molar-refractivity contribution is -0.144. The Morgan fingerprint density at radius 3 is 2.86 bits per heavy atom. The molecule has 1 fully saturated rings. The molecule has 0 aliphatic carbocycles. The highest BCUT2D eigenvalue weighted by Gasteiger charge is 2.32. The highest BCUT2D eigenvalue weighted by Crippen LogP contribution is 2.08. The number of carboxylic acid groups (broad SMARTS) is 1. The SMILES string of the molecule is CCN1CC(C)NC(CC(=O)O)C1=O. The second-order valence-corrected chi connectivity index (χ2v) is 3.60. The fourth-order valence-electron chi connectivity index (χ4n) is 1.71. The molecule has 14 heavy (non-hydrogen) atoms. The Hall–Kier alpha value is -1.10. The van der Waals surface area contributed by atoms with Gasteiger partial charge in [-0.25, -0.2) is 0 Å². The van der Waals surface area contributed by atoms with Crippen LogP contribution in [0.5, 0.6) is 0 Å². The number of piperazine rings is 1. The highest BCUT2D eigenvalue weighted by molar-refractivity contribution is 5.86. The molecular weight excluding hydrogens is 184 g/mol. The molecule has 0 spiro atoms. The lowest BCUT2D eigenvalue weighted by Gasteiger charge is -2.35. The molecule has 0 aromatic carbocycles. The van der Waals surface area contributed by atoms with Crippen LogP contribution in [0, 0.1) is 0 Å². The van der Waals surface area contributed by atoms with Crippen LogP contribution in [0.1, 0.15) is 20.3 Å². The maximum absolute atomic E-state index is 11.6. The Morgan fingerprint density at radius 1 is 1.71 bits per heavy atom. The molecule has 1 aliphatic heterocycles. The molecule has 1 rings (SSSR count). The number of carbonyl (C=O) groups excluding carboxylic acids is 1. The first kappa shape index (κ1) is 11.0. The van der Waals surface area contributed by atoms with Gasteiger partial charge in [-0.1, -0.05) is 0 Å². The lowest BCUT2D eigenvalue weighted by Crippen LogP contribution is -2.59. The fraction of sp³-hybridized carbons (Fsp3) is 0.778. The van der Waals surface area contributed by atoms with Crippen molar-refractivity contribution in [3.8, 4) is 0 Å². The maximum Gasteiger partial charge on any atom is 0.305 e. The molecule has 5 heteroatoms. The summed E-state index contributed by atoms with van der Waals surface area (Å²) in [5, 5.41) is 11.6. The summed E-state index contributed by atoms with van der Waals surface area (Å²) in [6, 6.07) is -0.395. The van der Waals surface area contributed by atoms with E-state index in [0.717, 1.165) is 0 Å². The molecule has 1 aliphatic rings. The van der Waals surface area contributed by atoms with Crippen molar-refractivity contribution in [1.29, 1.82) is 0 Å². The number of carboxylic acids is 1.